The molecule has 2 aromatic rings. The molecule has 1 N–H and O–H groups in total. The van der Waals surface area contributed by atoms with Crippen molar-refractivity contribution in [3.63, 3.8) is 0 Å². The molecule has 0 aliphatic carbocycles. The van der Waals surface area contributed by atoms with Gasteiger partial charge in [0.05, 0.1) is 12.2 Å². The average Bonchev–Trinajstić information content (AvgIpc) is 3.07. The van der Waals surface area contributed by atoms with Crippen LogP contribution in [0, 0.1) is 0 Å². The van der Waals surface area contributed by atoms with Gasteiger partial charge in [-0.05, 0) is 43.0 Å². The lowest BCUT2D eigenvalue weighted by Gasteiger charge is -2.35. The van der Waals surface area contributed by atoms with E-state index in [2.05, 4.69) is 22.8 Å². The minimum absolute atomic E-state index is 0.0927. The fourth-order valence-electron chi connectivity index (χ4n) is 3.03. The first-order chi connectivity index (χ1) is 11.6. The Kier molecular flexibility index (Phi) is 5.66. The molecule has 1 aromatic carbocycles. The van der Waals surface area contributed by atoms with E-state index in [-0.39, 0.29) is 18.1 Å². The number of morpholine rings is 1. The van der Waals surface area contributed by atoms with Crippen molar-refractivity contribution in [2.45, 2.75) is 39.1 Å². The van der Waals surface area contributed by atoms with Crippen LogP contribution in [0.4, 0.5) is 0 Å². The molecule has 1 amide bonds. The predicted octanol–water partition coefficient (Wildman–Crippen LogP) is 3.29. The second-order valence-corrected chi connectivity index (χ2v) is 7.38. The molecular weight excluding hydrogens is 320 g/mol. The van der Waals surface area contributed by atoms with Gasteiger partial charge in [0.1, 0.15) is 0 Å². The van der Waals surface area contributed by atoms with Crippen LogP contribution in [-0.4, -0.2) is 36.1 Å². The fourth-order valence-corrected chi connectivity index (χ4v) is 3.71. The quantitative estimate of drug-likeness (QED) is 0.905. The van der Waals surface area contributed by atoms with Crippen molar-refractivity contribution in [3.05, 3.63) is 57.8 Å². The number of carbonyl (C=O) groups is 1. The van der Waals surface area contributed by atoms with E-state index in [0.717, 1.165) is 18.7 Å². The summed E-state index contributed by atoms with van der Waals surface area (Å²) in [5.41, 5.74) is 1.94. The van der Waals surface area contributed by atoms with E-state index in [0.29, 0.717) is 13.1 Å². The first-order valence-corrected chi connectivity index (χ1v) is 9.26. The summed E-state index contributed by atoms with van der Waals surface area (Å²) >= 11 is 1.76. The zero-order valence-corrected chi connectivity index (χ0v) is 15.0. The number of hydrogen-bond donors (Lipinski definition) is 1. The molecule has 0 spiro atoms. The summed E-state index contributed by atoms with van der Waals surface area (Å²) in [4.78, 5) is 15.9. The lowest BCUT2D eigenvalue weighted by molar-refractivity contribution is -0.0586. The highest BCUT2D eigenvalue weighted by molar-refractivity contribution is 7.09. The van der Waals surface area contributed by atoms with E-state index in [4.69, 9.17) is 4.74 Å². The molecule has 1 aliphatic rings. The monoisotopic (exact) mass is 344 g/mol. The summed E-state index contributed by atoms with van der Waals surface area (Å²) in [6.07, 6.45) is 0.192. The van der Waals surface area contributed by atoms with Crippen LogP contribution in [0.5, 0.6) is 0 Å². The second kappa shape index (κ2) is 7.92. The number of hydrogen-bond acceptors (Lipinski definition) is 4. The summed E-state index contributed by atoms with van der Waals surface area (Å²) in [5, 5.41) is 5.51. The Morgan fingerprint density at radius 3 is 2.50 bits per heavy atom. The third-order valence-electron chi connectivity index (χ3n) is 4.12. The largest absolute Gasteiger partial charge is 0.372 e. The van der Waals surface area contributed by atoms with E-state index in [1.165, 1.54) is 10.4 Å². The minimum Gasteiger partial charge on any atom is -0.372 e. The van der Waals surface area contributed by atoms with Gasteiger partial charge in [0.25, 0.3) is 5.91 Å². The summed E-state index contributed by atoms with van der Waals surface area (Å²) in [7, 11) is 0. The Balaban J connectivity index is 1.54. The van der Waals surface area contributed by atoms with Crippen LogP contribution in [0.1, 0.15) is 34.6 Å². The molecule has 128 valence electrons. The van der Waals surface area contributed by atoms with Gasteiger partial charge >= 0.3 is 0 Å². The van der Waals surface area contributed by atoms with Gasteiger partial charge in [-0.15, -0.1) is 11.3 Å². The van der Waals surface area contributed by atoms with E-state index in [1.54, 1.807) is 11.3 Å². The maximum atomic E-state index is 12.6. The molecule has 2 unspecified atom stereocenters. The smallest absolute Gasteiger partial charge is 0.254 e. The van der Waals surface area contributed by atoms with Crippen LogP contribution in [-0.2, 0) is 17.8 Å². The molecule has 1 fully saturated rings. The van der Waals surface area contributed by atoms with E-state index < -0.39 is 0 Å². The minimum atomic E-state index is 0.0927. The standard InChI is InChI=1S/C19H24N2O2S/c1-14-12-21(13-15(2)23-14)19(22)17-7-5-16(6-8-17)10-20-11-18-4-3-9-24-18/h3-9,14-15,20H,10-13H2,1-2H3. The van der Waals surface area contributed by atoms with Crippen LogP contribution < -0.4 is 5.32 Å². The number of nitrogens with one attached hydrogen (secondary N) is 1. The molecule has 1 saturated heterocycles. The lowest BCUT2D eigenvalue weighted by Crippen LogP contribution is -2.48. The van der Waals surface area contributed by atoms with Crippen molar-refractivity contribution in [2.75, 3.05) is 13.1 Å². The highest BCUT2D eigenvalue weighted by Crippen LogP contribution is 2.15. The van der Waals surface area contributed by atoms with Gasteiger partial charge in [-0.3, -0.25) is 4.79 Å². The maximum Gasteiger partial charge on any atom is 0.254 e. The molecule has 1 aliphatic heterocycles. The molecule has 0 bridgehead atoms. The summed E-state index contributed by atoms with van der Waals surface area (Å²) in [6.45, 7) is 7.02. The van der Waals surface area contributed by atoms with E-state index in [1.807, 2.05) is 43.0 Å². The average molecular weight is 344 g/mol. The summed E-state index contributed by atoms with van der Waals surface area (Å²) in [5.74, 6) is 0.0927. The third-order valence-corrected chi connectivity index (χ3v) is 4.99. The molecule has 2 atom stereocenters. The maximum absolute atomic E-state index is 12.6. The first-order valence-electron chi connectivity index (χ1n) is 8.38. The van der Waals surface area contributed by atoms with Gasteiger partial charge < -0.3 is 15.0 Å². The number of benzene rings is 1. The van der Waals surface area contributed by atoms with Crippen LogP contribution in [0.2, 0.25) is 0 Å². The lowest BCUT2D eigenvalue weighted by atomic mass is 10.1. The number of rotatable bonds is 5. The molecule has 0 radical (unpaired) electrons. The molecule has 24 heavy (non-hydrogen) atoms. The molecule has 5 heteroatoms. The highest BCUT2D eigenvalue weighted by Gasteiger charge is 2.26. The van der Waals surface area contributed by atoms with Gasteiger partial charge in [0.2, 0.25) is 0 Å². The van der Waals surface area contributed by atoms with Gasteiger partial charge in [-0.2, -0.15) is 0 Å². The van der Waals surface area contributed by atoms with Crippen LogP contribution in [0.3, 0.4) is 0 Å². The molecular formula is C19H24N2O2S. The number of amides is 1. The van der Waals surface area contributed by atoms with Crippen LogP contribution in [0.25, 0.3) is 0 Å². The summed E-state index contributed by atoms with van der Waals surface area (Å²) < 4.78 is 5.70. The Hall–Kier alpha value is -1.69. The van der Waals surface area contributed by atoms with Crippen LogP contribution >= 0.6 is 11.3 Å². The van der Waals surface area contributed by atoms with Crippen molar-refractivity contribution in [3.8, 4) is 0 Å². The predicted molar refractivity (Wildman–Crippen MR) is 97.2 cm³/mol. The van der Waals surface area contributed by atoms with E-state index in [9.17, 15) is 4.79 Å². The Labute approximate surface area is 147 Å². The SMILES string of the molecule is CC1CN(C(=O)c2ccc(CNCc3cccs3)cc2)CC(C)O1. The van der Waals surface area contributed by atoms with Gasteiger partial charge in [0.15, 0.2) is 0 Å². The Bertz CT molecular complexity index is 645. The normalized spacial score (nSPS) is 21.0. The number of ether oxygens (including phenoxy) is 1. The van der Waals surface area contributed by atoms with Crippen molar-refractivity contribution < 1.29 is 9.53 Å². The molecule has 1 aromatic heterocycles. The fraction of sp³-hybridized carbons (Fsp3) is 0.421. The third kappa shape index (κ3) is 4.44. The highest BCUT2D eigenvalue weighted by atomic mass is 32.1. The molecule has 3 rings (SSSR count). The van der Waals surface area contributed by atoms with Crippen LogP contribution in [0.15, 0.2) is 41.8 Å². The Morgan fingerprint density at radius 1 is 1.17 bits per heavy atom. The topological polar surface area (TPSA) is 41.6 Å². The van der Waals surface area contributed by atoms with Crippen molar-refractivity contribution in [2.24, 2.45) is 0 Å². The number of thiophene rings is 1. The van der Waals surface area contributed by atoms with Crippen molar-refractivity contribution in [1.82, 2.24) is 10.2 Å². The van der Waals surface area contributed by atoms with Gasteiger partial charge in [-0.1, -0.05) is 18.2 Å². The van der Waals surface area contributed by atoms with E-state index >= 15 is 0 Å². The molecule has 2 heterocycles. The first kappa shape index (κ1) is 17.1. The molecule has 0 saturated carbocycles. The summed E-state index contributed by atoms with van der Waals surface area (Å²) in [6, 6.07) is 12.1. The second-order valence-electron chi connectivity index (χ2n) is 6.35. The van der Waals surface area contributed by atoms with Gasteiger partial charge in [0, 0.05) is 36.6 Å². The zero-order chi connectivity index (χ0) is 16.9. The van der Waals surface area contributed by atoms with Crippen molar-refractivity contribution >= 4 is 17.2 Å². The molecule has 4 nitrogen and oxygen atoms in total. The Morgan fingerprint density at radius 2 is 1.88 bits per heavy atom. The number of carbonyl (C=O) groups excluding carboxylic acids is 1. The zero-order valence-electron chi connectivity index (χ0n) is 14.2. The number of nitrogens with zero attached hydrogens (tertiary/aromatic N) is 1. The van der Waals surface area contributed by atoms with Gasteiger partial charge in [-0.25, -0.2) is 0 Å². The van der Waals surface area contributed by atoms with Crippen molar-refractivity contribution in [1.29, 1.82) is 0 Å².